The summed E-state index contributed by atoms with van der Waals surface area (Å²) >= 11 is 0. The number of hydrogen-bond acceptors (Lipinski definition) is 5. The van der Waals surface area contributed by atoms with Crippen molar-refractivity contribution in [1.29, 1.82) is 0 Å². The first-order valence-corrected chi connectivity index (χ1v) is 10.7. The highest BCUT2D eigenvalue weighted by atomic mass is 16.2. The molecule has 0 saturated carbocycles. The van der Waals surface area contributed by atoms with Gasteiger partial charge in [-0.05, 0) is 42.0 Å². The van der Waals surface area contributed by atoms with Gasteiger partial charge in [0, 0.05) is 68.0 Å². The molecule has 7 nitrogen and oxygen atoms in total. The largest absolute Gasteiger partial charge is 0.368 e. The van der Waals surface area contributed by atoms with Gasteiger partial charge in [-0.25, -0.2) is 0 Å². The predicted octanol–water partition coefficient (Wildman–Crippen LogP) is 3.07. The lowest BCUT2D eigenvalue weighted by atomic mass is 10.0. The Morgan fingerprint density at radius 1 is 0.906 bits per heavy atom. The van der Waals surface area contributed by atoms with E-state index in [1.807, 2.05) is 35.2 Å². The van der Waals surface area contributed by atoms with Gasteiger partial charge in [-0.1, -0.05) is 30.3 Å². The number of anilines is 2. The molecular weight excluding hydrogens is 402 g/mol. The quantitative estimate of drug-likeness (QED) is 0.628. The van der Waals surface area contributed by atoms with Gasteiger partial charge in [0.05, 0.1) is 0 Å². The fourth-order valence-electron chi connectivity index (χ4n) is 3.81. The first kappa shape index (κ1) is 21.5. The van der Waals surface area contributed by atoms with Crippen LogP contribution in [0.4, 0.5) is 11.4 Å². The normalized spacial score (nSPS) is 14.7. The standard InChI is InChI=1S/C25H27N5O2/c26-23(18-24(31)30-16-14-29(15-17-30)22-4-2-1-3-5-22)19-6-8-20(9-7-19)25(32)28-21-10-12-27-13-11-21/h1-13,23H,14-18,26H2,(H,27,28,32). The van der Waals surface area contributed by atoms with Gasteiger partial charge in [-0.2, -0.15) is 0 Å². The van der Waals surface area contributed by atoms with Gasteiger partial charge in [0.25, 0.3) is 5.91 Å². The maximum atomic E-state index is 12.8. The van der Waals surface area contributed by atoms with Crippen LogP contribution >= 0.6 is 0 Å². The lowest BCUT2D eigenvalue weighted by Crippen LogP contribution is -2.49. The molecule has 32 heavy (non-hydrogen) atoms. The molecule has 3 N–H and O–H groups in total. The topological polar surface area (TPSA) is 91.6 Å². The fourth-order valence-corrected chi connectivity index (χ4v) is 3.81. The minimum absolute atomic E-state index is 0.0599. The van der Waals surface area contributed by atoms with Crippen LogP contribution in [0.25, 0.3) is 0 Å². The van der Waals surface area contributed by atoms with Crippen LogP contribution in [-0.2, 0) is 4.79 Å². The monoisotopic (exact) mass is 429 g/mol. The second kappa shape index (κ2) is 10.1. The van der Waals surface area contributed by atoms with Gasteiger partial charge in [0.15, 0.2) is 0 Å². The number of para-hydroxylation sites is 1. The molecule has 7 heteroatoms. The Balaban J connectivity index is 1.28. The molecule has 4 rings (SSSR count). The number of amides is 2. The van der Waals surface area contributed by atoms with E-state index in [1.54, 1.807) is 36.7 Å². The second-order valence-corrected chi connectivity index (χ2v) is 7.83. The summed E-state index contributed by atoms with van der Waals surface area (Å²) in [5.41, 5.74) is 9.54. The van der Waals surface area contributed by atoms with E-state index in [-0.39, 0.29) is 18.2 Å². The number of rotatable bonds is 6. The van der Waals surface area contributed by atoms with Crippen LogP contribution < -0.4 is 16.0 Å². The van der Waals surface area contributed by atoms with E-state index in [1.165, 1.54) is 5.69 Å². The van der Waals surface area contributed by atoms with Crippen molar-refractivity contribution in [1.82, 2.24) is 9.88 Å². The molecule has 1 unspecified atom stereocenters. The molecule has 1 atom stereocenters. The highest BCUT2D eigenvalue weighted by Gasteiger charge is 2.23. The molecule has 2 heterocycles. The Labute approximate surface area is 187 Å². The zero-order valence-corrected chi connectivity index (χ0v) is 17.9. The van der Waals surface area contributed by atoms with Gasteiger partial charge in [0.1, 0.15) is 0 Å². The van der Waals surface area contributed by atoms with Crippen molar-refractivity contribution in [3.8, 4) is 0 Å². The van der Waals surface area contributed by atoms with Crippen LogP contribution in [0.5, 0.6) is 0 Å². The van der Waals surface area contributed by atoms with Crippen LogP contribution in [0.1, 0.15) is 28.4 Å². The summed E-state index contributed by atoms with van der Waals surface area (Å²) in [6, 6.07) is 20.4. The third-order valence-electron chi connectivity index (χ3n) is 5.69. The fraction of sp³-hybridized carbons (Fsp3) is 0.240. The lowest BCUT2D eigenvalue weighted by Gasteiger charge is -2.36. The number of nitrogens with one attached hydrogen (secondary N) is 1. The average Bonchev–Trinajstić information content (AvgIpc) is 2.85. The van der Waals surface area contributed by atoms with Gasteiger partial charge in [-0.15, -0.1) is 0 Å². The molecule has 0 radical (unpaired) electrons. The summed E-state index contributed by atoms with van der Waals surface area (Å²) in [5, 5.41) is 2.82. The summed E-state index contributed by atoms with van der Waals surface area (Å²) in [6.45, 7) is 3.00. The third-order valence-corrected chi connectivity index (χ3v) is 5.69. The first-order chi connectivity index (χ1) is 15.6. The molecule has 164 valence electrons. The van der Waals surface area contributed by atoms with Gasteiger partial charge in [-0.3, -0.25) is 14.6 Å². The van der Waals surface area contributed by atoms with E-state index in [0.29, 0.717) is 24.3 Å². The van der Waals surface area contributed by atoms with Crippen LogP contribution in [0.2, 0.25) is 0 Å². The number of piperazine rings is 1. The number of carbonyl (C=O) groups is 2. The number of nitrogens with zero attached hydrogens (tertiary/aromatic N) is 3. The summed E-state index contributed by atoms with van der Waals surface area (Å²) in [7, 11) is 0. The van der Waals surface area contributed by atoms with Crippen molar-refractivity contribution >= 4 is 23.2 Å². The number of benzene rings is 2. The number of hydrogen-bond donors (Lipinski definition) is 2. The zero-order chi connectivity index (χ0) is 22.3. The van der Waals surface area contributed by atoms with Crippen molar-refractivity contribution in [2.24, 2.45) is 5.73 Å². The van der Waals surface area contributed by atoms with Crippen LogP contribution in [0.15, 0.2) is 79.1 Å². The van der Waals surface area contributed by atoms with E-state index < -0.39 is 6.04 Å². The number of pyridine rings is 1. The van der Waals surface area contributed by atoms with Gasteiger partial charge in [0.2, 0.25) is 5.91 Å². The summed E-state index contributed by atoms with van der Waals surface area (Å²) in [5.74, 6) is -0.145. The van der Waals surface area contributed by atoms with Gasteiger partial charge < -0.3 is 20.9 Å². The molecule has 1 aromatic heterocycles. The minimum Gasteiger partial charge on any atom is -0.368 e. The summed E-state index contributed by atoms with van der Waals surface area (Å²) < 4.78 is 0. The van der Waals surface area contributed by atoms with Crippen molar-refractivity contribution in [2.75, 3.05) is 36.4 Å². The van der Waals surface area contributed by atoms with Crippen molar-refractivity contribution in [3.63, 3.8) is 0 Å². The smallest absolute Gasteiger partial charge is 0.255 e. The van der Waals surface area contributed by atoms with Crippen LogP contribution in [0.3, 0.4) is 0 Å². The molecule has 0 bridgehead atoms. The van der Waals surface area contributed by atoms with E-state index >= 15 is 0 Å². The molecule has 0 spiro atoms. The molecule has 3 aromatic rings. The molecule has 1 fully saturated rings. The van der Waals surface area contributed by atoms with E-state index in [4.69, 9.17) is 5.73 Å². The van der Waals surface area contributed by atoms with Crippen LogP contribution in [0, 0.1) is 0 Å². The molecule has 1 aliphatic heterocycles. The predicted molar refractivity (Wildman–Crippen MR) is 125 cm³/mol. The Hall–Kier alpha value is -3.71. The highest BCUT2D eigenvalue weighted by molar-refractivity contribution is 6.04. The van der Waals surface area contributed by atoms with Crippen molar-refractivity contribution < 1.29 is 9.59 Å². The number of nitrogens with two attached hydrogens (primary N) is 1. The first-order valence-electron chi connectivity index (χ1n) is 10.7. The third kappa shape index (κ3) is 5.31. The Bertz CT molecular complexity index is 1030. The SMILES string of the molecule is NC(CC(=O)N1CCN(c2ccccc2)CC1)c1ccc(C(=O)Nc2ccncc2)cc1. The van der Waals surface area contributed by atoms with Crippen molar-refractivity contribution in [2.45, 2.75) is 12.5 Å². The highest BCUT2D eigenvalue weighted by Crippen LogP contribution is 2.19. The lowest BCUT2D eigenvalue weighted by molar-refractivity contribution is -0.131. The Kier molecular flexibility index (Phi) is 6.77. The minimum atomic E-state index is -0.410. The Morgan fingerprint density at radius 2 is 1.56 bits per heavy atom. The number of carbonyl (C=O) groups excluding carboxylic acids is 2. The Morgan fingerprint density at radius 3 is 2.22 bits per heavy atom. The second-order valence-electron chi connectivity index (χ2n) is 7.83. The summed E-state index contributed by atoms with van der Waals surface area (Å²) in [6.07, 6.45) is 3.49. The van der Waals surface area contributed by atoms with E-state index in [9.17, 15) is 9.59 Å². The molecule has 1 saturated heterocycles. The molecular formula is C25H27N5O2. The molecule has 0 aliphatic carbocycles. The zero-order valence-electron chi connectivity index (χ0n) is 17.9. The van der Waals surface area contributed by atoms with E-state index in [0.717, 1.165) is 18.7 Å². The average molecular weight is 430 g/mol. The molecule has 1 aliphatic rings. The van der Waals surface area contributed by atoms with Crippen LogP contribution in [-0.4, -0.2) is 47.9 Å². The van der Waals surface area contributed by atoms with Gasteiger partial charge >= 0.3 is 0 Å². The summed E-state index contributed by atoms with van der Waals surface area (Å²) in [4.78, 5) is 33.3. The van der Waals surface area contributed by atoms with E-state index in [2.05, 4.69) is 27.3 Å². The maximum absolute atomic E-state index is 12.8. The van der Waals surface area contributed by atoms with Crippen molar-refractivity contribution in [3.05, 3.63) is 90.3 Å². The number of aromatic nitrogens is 1. The molecule has 2 aromatic carbocycles. The maximum Gasteiger partial charge on any atom is 0.255 e. The molecule has 2 amide bonds.